The lowest BCUT2D eigenvalue weighted by molar-refractivity contribution is -0.456. The number of hydrogen-bond acceptors (Lipinski definition) is 2. The molecule has 4 N–H and O–H groups in total. The molecular formula is C36H40F16N2. The van der Waals surface area contributed by atoms with Crippen molar-refractivity contribution in [2.24, 2.45) is 0 Å². The standard InChI is InChI=1S/C36H40F16N2/c1-5-17(3)23-13-21(15-25(27(23)53)19-9-7-10-19)29(37,38)31(41,42)33(45,46)35(49,50)36(51,52)34(47,48)32(43,44)30(39,40)22-14-24(18(4)6-2)28(54)26(16-22)20-11-8-12-20/h13-20H,5-12,53-54H2,1-4H3. The molecule has 2 aliphatic carbocycles. The number of nitrogen functional groups attached to an aromatic ring is 2. The average molecular weight is 805 g/mol. The Morgan fingerprint density at radius 3 is 0.963 bits per heavy atom. The Bertz CT molecular complexity index is 1520. The van der Waals surface area contributed by atoms with Crippen LogP contribution in [0.1, 0.15) is 136 Å². The summed E-state index contributed by atoms with van der Waals surface area (Å²) in [5.41, 5.74) is 6.10. The Hall–Kier alpha value is -3.08. The van der Waals surface area contributed by atoms with Gasteiger partial charge in [-0.1, -0.05) is 40.5 Å². The van der Waals surface area contributed by atoms with Crippen LogP contribution in [0, 0.1) is 0 Å². The van der Waals surface area contributed by atoms with E-state index in [4.69, 9.17) is 11.5 Å². The highest BCUT2D eigenvalue weighted by atomic mass is 19.4. The summed E-state index contributed by atoms with van der Waals surface area (Å²) >= 11 is 0. The zero-order valence-corrected chi connectivity index (χ0v) is 29.5. The van der Waals surface area contributed by atoms with Gasteiger partial charge in [-0.25, -0.2) is 0 Å². The van der Waals surface area contributed by atoms with E-state index < -0.39 is 82.2 Å². The first-order valence-electron chi connectivity index (χ1n) is 17.3. The molecule has 0 bridgehead atoms. The minimum Gasteiger partial charge on any atom is -0.398 e. The highest BCUT2D eigenvalue weighted by Gasteiger charge is 2.95. The smallest absolute Gasteiger partial charge is 0.385 e. The summed E-state index contributed by atoms with van der Waals surface area (Å²) < 4.78 is 243. The van der Waals surface area contributed by atoms with Crippen LogP contribution in [0.2, 0.25) is 0 Å². The summed E-state index contributed by atoms with van der Waals surface area (Å²) in [6, 6.07) is 0.639. The molecule has 0 aromatic heterocycles. The second-order valence-electron chi connectivity index (χ2n) is 14.6. The third-order valence-electron chi connectivity index (χ3n) is 11.4. The summed E-state index contributed by atoms with van der Waals surface area (Å²) in [5.74, 6) is -65.3. The highest BCUT2D eigenvalue weighted by molar-refractivity contribution is 5.61. The quantitative estimate of drug-likeness (QED) is 0.139. The van der Waals surface area contributed by atoms with E-state index in [-0.39, 0.29) is 96.4 Å². The van der Waals surface area contributed by atoms with Crippen molar-refractivity contribution in [1.29, 1.82) is 0 Å². The van der Waals surface area contributed by atoms with Crippen LogP contribution < -0.4 is 11.5 Å². The van der Waals surface area contributed by atoms with Crippen LogP contribution >= 0.6 is 0 Å². The predicted molar refractivity (Wildman–Crippen MR) is 170 cm³/mol. The molecule has 2 atom stereocenters. The van der Waals surface area contributed by atoms with E-state index in [9.17, 15) is 0 Å². The second kappa shape index (κ2) is 13.8. The molecule has 0 aliphatic heterocycles. The zero-order valence-electron chi connectivity index (χ0n) is 29.5. The zero-order chi connectivity index (χ0) is 41.4. The van der Waals surface area contributed by atoms with Gasteiger partial charge in [-0.15, -0.1) is 0 Å². The second-order valence-corrected chi connectivity index (χ2v) is 14.6. The van der Waals surface area contributed by atoms with Gasteiger partial charge in [0.1, 0.15) is 0 Å². The molecule has 0 radical (unpaired) electrons. The Morgan fingerprint density at radius 1 is 0.481 bits per heavy atom. The third kappa shape index (κ3) is 6.08. The lowest BCUT2D eigenvalue weighted by Gasteiger charge is -2.44. The van der Waals surface area contributed by atoms with E-state index in [0.29, 0.717) is 12.8 Å². The normalized spacial score (nSPS) is 18.7. The SMILES string of the molecule is CCC(C)c1cc(C(F)(F)C(F)(F)C(F)(F)C(F)(F)C(F)(F)C(F)(F)C(F)(F)C(F)(F)c2cc(C(C)CC)c(N)c(C3CCC3)c2)cc(C2CCC2)c1N. The first kappa shape index (κ1) is 43.6. The molecule has 2 saturated carbocycles. The van der Waals surface area contributed by atoms with Gasteiger partial charge >= 0.3 is 47.4 Å². The van der Waals surface area contributed by atoms with E-state index in [0.717, 1.165) is 0 Å². The van der Waals surface area contributed by atoms with Crippen molar-refractivity contribution in [2.45, 2.75) is 150 Å². The average Bonchev–Trinajstić information content (AvgIpc) is 3.03. The molecule has 0 heterocycles. The summed E-state index contributed by atoms with van der Waals surface area (Å²) in [7, 11) is 0. The monoisotopic (exact) mass is 804 g/mol. The minimum absolute atomic E-state index is 0.0886. The first-order valence-corrected chi connectivity index (χ1v) is 17.3. The van der Waals surface area contributed by atoms with Crippen molar-refractivity contribution >= 4 is 11.4 Å². The number of anilines is 2. The van der Waals surface area contributed by atoms with E-state index in [1.54, 1.807) is 0 Å². The first-order chi connectivity index (χ1) is 24.4. The maximum absolute atomic E-state index is 15.5. The summed E-state index contributed by atoms with van der Waals surface area (Å²) in [6.45, 7) is 5.66. The summed E-state index contributed by atoms with van der Waals surface area (Å²) in [6.07, 6.45) is 2.17. The summed E-state index contributed by atoms with van der Waals surface area (Å²) in [4.78, 5) is 0. The van der Waals surface area contributed by atoms with E-state index in [1.807, 2.05) is 0 Å². The van der Waals surface area contributed by atoms with Gasteiger partial charge in [0.15, 0.2) is 0 Å². The molecule has 2 fully saturated rings. The topological polar surface area (TPSA) is 52.0 Å². The Kier molecular flexibility index (Phi) is 11.2. The molecule has 0 spiro atoms. The summed E-state index contributed by atoms with van der Waals surface area (Å²) in [5, 5.41) is 0. The molecule has 2 unspecified atom stereocenters. The van der Waals surface area contributed by atoms with Gasteiger partial charge in [-0.05, 0) is 109 Å². The fourth-order valence-corrected chi connectivity index (χ4v) is 6.68. The fraction of sp³-hybridized carbons (Fsp3) is 0.667. The predicted octanol–water partition coefficient (Wildman–Crippen LogP) is 13.1. The highest BCUT2D eigenvalue weighted by Crippen LogP contribution is 2.66. The number of benzene rings is 2. The molecule has 4 rings (SSSR count). The molecule has 2 aliphatic rings. The Balaban J connectivity index is 1.83. The van der Waals surface area contributed by atoms with Gasteiger partial charge in [-0.2, -0.15) is 70.2 Å². The van der Waals surface area contributed by atoms with E-state index >= 15 is 70.2 Å². The van der Waals surface area contributed by atoms with Gasteiger partial charge < -0.3 is 11.5 Å². The van der Waals surface area contributed by atoms with Crippen LogP contribution in [0.4, 0.5) is 81.6 Å². The van der Waals surface area contributed by atoms with Crippen molar-refractivity contribution in [3.63, 3.8) is 0 Å². The van der Waals surface area contributed by atoms with Crippen LogP contribution in [-0.4, -0.2) is 35.5 Å². The van der Waals surface area contributed by atoms with Crippen LogP contribution in [0.3, 0.4) is 0 Å². The van der Waals surface area contributed by atoms with Gasteiger partial charge in [0, 0.05) is 22.5 Å². The van der Waals surface area contributed by atoms with Gasteiger partial charge in [-0.3, -0.25) is 0 Å². The van der Waals surface area contributed by atoms with Crippen LogP contribution in [0.5, 0.6) is 0 Å². The molecule has 54 heavy (non-hydrogen) atoms. The molecule has 0 amide bonds. The molecule has 306 valence electrons. The third-order valence-corrected chi connectivity index (χ3v) is 11.4. The number of rotatable bonds is 15. The number of halogens is 16. The molecule has 18 heteroatoms. The minimum atomic E-state index is -8.53. The van der Waals surface area contributed by atoms with Crippen molar-refractivity contribution in [1.82, 2.24) is 0 Å². The van der Waals surface area contributed by atoms with E-state index in [1.165, 1.54) is 27.7 Å². The van der Waals surface area contributed by atoms with Crippen molar-refractivity contribution in [3.8, 4) is 0 Å². The van der Waals surface area contributed by atoms with Crippen molar-refractivity contribution in [2.75, 3.05) is 11.5 Å². The van der Waals surface area contributed by atoms with Gasteiger partial charge in [0.25, 0.3) is 0 Å². The van der Waals surface area contributed by atoms with Crippen molar-refractivity contribution in [3.05, 3.63) is 57.6 Å². The molecule has 2 nitrogen and oxygen atoms in total. The lowest BCUT2D eigenvalue weighted by atomic mass is 9.76. The Morgan fingerprint density at radius 2 is 0.741 bits per heavy atom. The number of hydrogen-bond donors (Lipinski definition) is 2. The largest absolute Gasteiger partial charge is 0.398 e. The molecule has 2 aromatic carbocycles. The number of nitrogens with two attached hydrogens (primary N) is 2. The van der Waals surface area contributed by atoms with Crippen LogP contribution in [0.15, 0.2) is 24.3 Å². The van der Waals surface area contributed by atoms with E-state index in [2.05, 4.69) is 0 Å². The van der Waals surface area contributed by atoms with Gasteiger partial charge in [0.2, 0.25) is 0 Å². The van der Waals surface area contributed by atoms with Crippen molar-refractivity contribution < 1.29 is 70.2 Å². The molecular weight excluding hydrogens is 764 g/mol. The molecule has 0 saturated heterocycles. The van der Waals surface area contributed by atoms with Crippen LogP contribution in [-0.2, 0) is 11.8 Å². The Labute approximate surface area is 301 Å². The number of alkyl halides is 16. The maximum atomic E-state index is 15.5. The van der Waals surface area contributed by atoms with Gasteiger partial charge in [0.05, 0.1) is 0 Å². The maximum Gasteiger partial charge on any atom is 0.385 e. The van der Waals surface area contributed by atoms with Crippen LogP contribution in [0.25, 0.3) is 0 Å². The molecule has 2 aromatic rings. The lowest BCUT2D eigenvalue weighted by Crippen LogP contribution is -2.74. The fourth-order valence-electron chi connectivity index (χ4n) is 6.68.